The van der Waals surface area contributed by atoms with Gasteiger partial charge in [0.1, 0.15) is 18.3 Å². The second kappa shape index (κ2) is 4.52. The zero-order valence-electron chi connectivity index (χ0n) is 10.2. The summed E-state index contributed by atoms with van der Waals surface area (Å²) in [4.78, 5) is 21.8. The van der Waals surface area contributed by atoms with Crippen molar-refractivity contribution in [1.82, 2.24) is 19.5 Å². The van der Waals surface area contributed by atoms with Crippen molar-refractivity contribution in [2.75, 3.05) is 12.3 Å². The fourth-order valence-electron chi connectivity index (χ4n) is 2.28. The number of fused-ring (bicyclic) bond motifs is 1. The van der Waals surface area contributed by atoms with Crippen molar-refractivity contribution in [2.45, 2.75) is 24.5 Å². The normalized spacial score (nSPS) is 30.1. The Kier molecular flexibility index (Phi) is 2.94. The van der Waals surface area contributed by atoms with Gasteiger partial charge in [-0.05, 0) is 0 Å². The van der Waals surface area contributed by atoms with E-state index in [2.05, 4.69) is 15.0 Å². The fourth-order valence-corrected chi connectivity index (χ4v) is 2.28. The van der Waals surface area contributed by atoms with Crippen LogP contribution in [0.25, 0.3) is 11.2 Å². The lowest BCUT2D eigenvalue weighted by Crippen LogP contribution is -2.33. The summed E-state index contributed by atoms with van der Waals surface area (Å²) in [6.45, 7) is -0.463. The Balaban J connectivity index is 2.14. The maximum atomic E-state index is 11.6. The van der Waals surface area contributed by atoms with Crippen LogP contribution in [0.4, 0.5) is 5.95 Å². The Morgan fingerprint density at radius 2 is 2.20 bits per heavy atom. The van der Waals surface area contributed by atoms with E-state index in [9.17, 15) is 15.0 Å². The van der Waals surface area contributed by atoms with Crippen molar-refractivity contribution >= 4 is 17.1 Å². The molecule has 6 N–H and O–H groups in total. The molecule has 2 aromatic heterocycles. The van der Waals surface area contributed by atoms with E-state index >= 15 is 0 Å². The minimum atomic E-state index is -1.33. The number of nitrogen functional groups attached to an aromatic ring is 1. The van der Waals surface area contributed by atoms with Gasteiger partial charge in [0.25, 0.3) is 5.56 Å². The van der Waals surface area contributed by atoms with Gasteiger partial charge in [-0.25, -0.2) is 9.97 Å². The first kappa shape index (κ1) is 13.0. The van der Waals surface area contributed by atoms with Crippen LogP contribution < -0.4 is 11.3 Å². The van der Waals surface area contributed by atoms with Gasteiger partial charge in [-0.3, -0.25) is 9.36 Å². The van der Waals surface area contributed by atoms with Gasteiger partial charge < -0.3 is 30.8 Å². The molecule has 1 aliphatic heterocycles. The molecule has 1 saturated heterocycles. The number of nitrogens with zero attached hydrogens (tertiary/aromatic N) is 3. The molecule has 20 heavy (non-hydrogen) atoms. The molecule has 0 saturated carbocycles. The summed E-state index contributed by atoms with van der Waals surface area (Å²) >= 11 is 0. The van der Waals surface area contributed by atoms with Crippen LogP contribution in [-0.4, -0.2) is 59.8 Å². The van der Waals surface area contributed by atoms with Crippen LogP contribution in [-0.2, 0) is 4.74 Å². The minimum Gasteiger partial charge on any atom is -0.394 e. The van der Waals surface area contributed by atoms with Crippen LogP contribution in [0.1, 0.15) is 6.23 Å². The van der Waals surface area contributed by atoms with Gasteiger partial charge in [0.15, 0.2) is 17.4 Å². The summed E-state index contributed by atoms with van der Waals surface area (Å²) in [7, 11) is 0. The zero-order chi connectivity index (χ0) is 14.4. The quantitative estimate of drug-likeness (QED) is 0.398. The lowest BCUT2D eigenvalue weighted by molar-refractivity contribution is -0.0500. The largest absolute Gasteiger partial charge is 0.394 e. The van der Waals surface area contributed by atoms with Crippen molar-refractivity contribution in [3.05, 3.63) is 16.7 Å². The number of H-pyrrole nitrogens is 1. The molecule has 4 atom stereocenters. The maximum absolute atomic E-state index is 11.6. The molecule has 3 heterocycles. The Labute approximate surface area is 111 Å². The molecule has 0 radical (unpaired) electrons. The first-order chi connectivity index (χ1) is 9.54. The molecular formula is C10H13N5O5. The molecule has 1 aliphatic rings. The Bertz CT molecular complexity index is 697. The monoisotopic (exact) mass is 283 g/mol. The molecular weight excluding hydrogens is 270 g/mol. The number of rotatable bonds is 2. The van der Waals surface area contributed by atoms with Crippen LogP contribution in [0.5, 0.6) is 0 Å². The van der Waals surface area contributed by atoms with E-state index in [4.69, 9.17) is 15.6 Å². The fraction of sp³-hybridized carbons (Fsp3) is 0.500. The molecule has 0 unspecified atom stereocenters. The smallest absolute Gasteiger partial charge is 0.278 e. The number of hydrogen-bond donors (Lipinski definition) is 5. The van der Waals surface area contributed by atoms with Crippen molar-refractivity contribution in [3.8, 4) is 0 Å². The average Bonchev–Trinajstić information content (AvgIpc) is 2.90. The highest BCUT2D eigenvalue weighted by Gasteiger charge is 2.44. The standard InChI is InChI=1S/C10H13N5O5/c11-10-14-4-7(12-2-13-8(4)19)15(10)9-6(18)5(17)3(1-16)20-9/h2-3,5-6,9,16-18H,1H2,(H2,11,14)(H,12,13,19)/t3-,5-,6+,9-/m1/s1. The van der Waals surface area contributed by atoms with Crippen molar-refractivity contribution < 1.29 is 20.1 Å². The van der Waals surface area contributed by atoms with E-state index in [0.29, 0.717) is 0 Å². The third-order valence-corrected chi connectivity index (χ3v) is 3.28. The number of nitrogens with one attached hydrogen (secondary N) is 1. The van der Waals surface area contributed by atoms with Crippen molar-refractivity contribution in [3.63, 3.8) is 0 Å². The first-order valence-corrected chi connectivity index (χ1v) is 5.88. The number of anilines is 1. The van der Waals surface area contributed by atoms with E-state index < -0.39 is 36.7 Å². The zero-order valence-corrected chi connectivity index (χ0v) is 10.2. The van der Waals surface area contributed by atoms with Gasteiger partial charge in [-0.1, -0.05) is 0 Å². The maximum Gasteiger partial charge on any atom is 0.278 e. The molecule has 0 aliphatic carbocycles. The van der Waals surface area contributed by atoms with Crippen LogP contribution in [0.2, 0.25) is 0 Å². The number of aliphatic hydroxyl groups is 3. The summed E-state index contributed by atoms with van der Waals surface area (Å²) in [5.74, 6) is -0.0842. The van der Waals surface area contributed by atoms with Gasteiger partial charge in [0.2, 0.25) is 5.95 Å². The molecule has 0 bridgehead atoms. The summed E-state index contributed by atoms with van der Waals surface area (Å²) in [6, 6.07) is 0. The molecule has 1 fully saturated rings. The third-order valence-electron chi connectivity index (χ3n) is 3.28. The molecule has 0 aromatic carbocycles. The second-order valence-corrected chi connectivity index (χ2v) is 4.47. The predicted molar refractivity (Wildman–Crippen MR) is 65.6 cm³/mol. The van der Waals surface area contributed by atoms with E-state index in [-0.39, 0.29) is 17.1 Å². The Hall–Kier alpha value is -2.01. The summed E-state index contributed by atoms with van der Waals surface area (Å²) in [5.41, 5.74) is 5.37. The number of hydrogen-bond acceptors (Lipinski definition) is 8. The first-order valence-electron chi connectivity index (χ1n) is 5.88. The SMILES string of the molecule is Nc1nc2c(=O)[nH]cnc2n1[C@@H]1O[C@H](CO)[C@@H](O)[C@@H]1O. The van der Waals surface area contributed by atoms with Crippen LogP contribution >= 0.6 is 0 Å². The highest BCUT2D eigenvalue weighted by molar-refractivity contribution is 5.72. The lowest BCUT2D eigenvalue weighted by atomic mass is 10.1. The number of aliphatic hydroxyl groups excluding tert-OH is 3. The van der Waals surface area contributed by atoms with E-state index in [0.717, 1.165) is 0 Å². The van der Waals surface area contributed by atoms with Gasteiger partial charge in [-0.15, -0.1) is 0 Å². The number of aromatic nitrogens is 4. The molecule has 2 aromatic rings. The van der Waals surface area contributed by atoms with Crippen LogP contribution in [0.15, 0.2) is 11.1 Å². The summed E-state index contributed by atoms with van der Waals surface area (Å²) < 4.78 is 6.57. The van der Waals surface area contributed by atoms with Gasteiger partial charge in [0.05, 0.1) is 12.9 Å². The summed E-state index contributed by atoms with van der Waals surface area (Å²) in [6.07, 6.45) is -3.46. The summed E-state index contributed by atoms with van der Waals surface area (Å²) in [5, 5.41) is 28.8. The Morgan fingerprint density at radius 1 is 1.45 bits per heavy atom. The molecule has 108 valence electrons. The lowest BCUT2D eigenvalue weighted by Gasteiger charge is -2.17. The highest BCUT2D eigenvalue weighted by atomic mass is 16.6. The van der Waals surface area contributed by atoms with Gasteiger partial charge >= 0.3 is 0 Å². The van der Waals surface area contributed by atoms with Crippen molar-refractivity contribution in [2.24, 2.45) is 0 Å². The number of ether oxygens (including phenoxy) is 1. The number of aromatic amines is 1. The van der Waals surface area contributed by atoms with Crippen molar-refractivity contribution in [1.29, 1.82) is 0 Å². The molecule has 10 heteroatoms. The molecule has 0 spiro atoms. The third kappa shape index (κ3) is 1.70. The highest BCUT2D eigenvalue weighted by Crippen LogP contribution is 2.32. The average molecular weight is 283 g/mol. The molecule has 3 rings (SSSR count). The second-order valence-electron chi connectivity index (χ2n) is 4.47. The van der Waals surface area contributed by atoms with Crippen LogP contribution in [0.3, 0.4) is 0 Å². The van der Waals surface area contributed by atoms with E-state index in [1.807, 2.05) is 0 Å². The topological polar surface area (TPSA) is 160 Å². The number of nitrogens with two attached hydrogens (primary N) is 1. The van der Waals surface area contributed by atoms with Crippen LogP contribution in [0, 0.1) is 0 Å². The predicted octanol–water partition coefficient (Wildman–Crippen LogP) is -2.69. The van der Waals surface area contributed by atoms with Gasteiger partial charge in [-0.2, -0.15) is 0 Å². The Morgan fingerprint density at radius 3 is 2.85 bits per heavy atom. The molecule has 0 amide bonds. The van der Waals surface area contributed by atoms with E-state index in [1.165, 1.54) is 10.9 Å². The molecule has 10 nitrogen and oxygen atoms in total. The van der Waals surface area contributed by atoms with Gasteiger partial charge in [0, 0.05) is 0 Å². The van der Waals surface area contributed by atoms with E-state index in [1.54, 1.807) is 0 Å². The minimum absolute atomic E-state index is 0.00254. The number of imidazole rings is 1.